The summed E-state index contributed by atoms with van der Waals surface area (Å²) in [5, 5.41) is 24.5. The van der Waals surface area contributed by atoms with Crippen molar-refractivity contribution >= 4 is 38.3 Å². The van der Waals surface area contributed by atoms with Crippen LogP contribution in [0, 0.1) is 0 Å². The Morgan fingerprint density at radius 1 is 0.931 bits per heavy atom. The molecule has 3 atom stereocenters. The number of aromatic nitrogens is 1. The molecule has 0 fully saturated rings. The van der Waals surface area contributed by atoms with Crippen molar-refractivity contribution in [3.8, 4) is 5.75 Å². The van der Waals surface area contributed by atoms with Gasteiger partial charge in [-0.2, -0.15) is 0 Å². The van der Waals surface area contributed by atoms with Crippen LogP contribution in [-0.4, -0.2) is 26.3 Å². The van der Waals surface area contributed by atoms with Gasteiger partial charge in [-0.3, -0.25) is 0 Å². The number of hydrogen-bond acceptors (Lipinski definition) is 5. The molecule has 0 aliphatic carbocycles. The Kier molecular flexibility index (Phi) is 5.46. The molecule has 4 rings (SSSR count). The highest BCUT2D eigenvalue weighted by Gasteiger charge is 2.41. The first-order valence-electron chi connectivity index (χ1n) is 9.28. The molecule has 0 aliphatic heterocycles. The van der Waals surface area contributed by atoms with Crippen LogP contribution < -0.4 is 5.32 Å². The molecule has 1 aromatic heterocycles. The highest BCUT2D eigenvalue weighted by atomic mass is 35.5. The van der Waals surface area contributed by atoms with Crippen LogP contribution in [0.4, 0.5) is 5.13 Å². The maximum absolute atomic E-state index is 11.1. The summed E-state index contributed by atoms with van der Waals surface area (Å²) in [5.41, 5.74) is 2.75. The Labute approximate surface area is 178 Å². The van der Waals surface area contributed by atoms with E-state index in [2.05, 4.69) is 10.3 Å². The van der Waals surface area contributed by atoms with Crippen LogP contribution in [-0.2, 0) is 0 Å². The molecule has 3 aromatic carbocycles. The van der Waals surface area contributed by atoms with Gasteiger partial charge in [0.15, 0.2) is 5.13 Å². The number of benzene rings is 3. The van der Waals surface area contributed by atoms with E-state index in [0.29, 0.717) is 5.13 Å². The van der Waals surface area contributed by atoms with E-state index >= 15 is 0 Å². The van der Waals surface area contributed by atoms with E-state index < -0.39 is 11.1 Å². The number of fused-ring (bicyclic) bond motifs is 1. The van der Waals surface area contributed by atoms with Crippen LogP contribution in [0.25, 0.3) is 10.2 Å². The van der Waals surface area contributed by atoms with Crippen molar-refractivity contribution in [2.45, 2.75) is 23.9 Å². The van der Waals surface area contributed by atoms with Gasteiger partial charge in [-0.1, -0.05) is 65.9 Å². The first kappa shape index (κ1) is 19.7. The molecule has 3 unspecified atom stereocenters. The van der Waals surface area contributed by atoms with Gasteiger partial charge in [-0.15, -0.1) is 11.6 Å². The first-order valence-corrected chi connectivity index (χ1v) is 10.5. The van der Waals surface area contributed by atoms with Crippen LogP contribution in [0.3, 0.4) is 0 Å². The second-order valence-corrected chi connectivity index (χ2v) is 8.97. The number of para-hydroxylation sites is 1. The van der Waals surface area contributed by atoms with Crippen LogP contribution in [0.15, 0.2) is 78.9 Å². The summed E-state index contributed by atoms with van der Waals surface area (Å²) < 4.78 is 1.04. The number of aromatic hydroxyl groups is 1. The molecule has 29 heavy (non-hydrogen) atoms. The van der Waals surface area contributed by atoms with Gasteiger partial charge in [0.05, 0.1) is 15.1 Å². The summed E-state index contributed by atoms with van der Waals surface area (Å²) in [6.07, 6.45) is -1.07. The molecule has 4 aromatic rings. The second-order valence-electron chi connectivity index (χ2n) is 7.12. The lowest BCUT2D eigenvalue weighted by Crippen LogP contribution is -2.45. The van der Waals surface area contributed by atoms with Gasteiger partial charge in [0.2, 0.25) is 0 Å². The van der Waals surface area contributed by atoms with Crippen molar-refractivity contribution in [3.63, 3.8) is 0 Å². The fourth-order valence-electron chi connectivity index (χ4n) is 3.51. The Hall–Kier alpha value is -2.60. The molecule has 0 aliphatic rings. The number of nitrogens with zero attached hydrogens (tertiary/aromatic N) is 1. The average Bonchev–Trinajstić information content (AvgIpc) is 3.12. The summed E-state index contributed by atoms with van der Waals surface area (Å²) in [4.78, 5) is 3.45. The molecule has 0 saturated carbocycles. The highest BCUT2D eigenvalue weighted by molar-refractivity contribution is 7.22. The summed E-state index contributed by atoms with van der Waals surface area (Å²) >= 11 is 8.49. The van der Waals surface area contributed by atoms with E-state index in [1.165, 1.54) is 11.3 Å². The SMILES string of the molecule is CC(Cl)(C(O)Nc1nc2ccccc2s1)C(c1ccccc1)c1ccc(O)cc1. The van der Waals surface area contributed by atoms with Crippen molar-refractivity contribution in [1.82, 2.24) is 4.98 Å². The number of aliphatic hydroxyl groups is 1. The number of alkyl halides is 1. The average molecular weight is 425 g/mol. The van der Waals surface area contributed by atoms with E-state index in [1.807, 2.05) is 73.7 Å². The Balaban J connectivity index is 1.68. The second kappa shape index (κ2) is 8.03. The Bertz CT molecular complexity index is 1060. The first-order chi connectivity index (χ1) is 13.9. The summed E-state index contributed by atoms with van der Waals surface area (Å²) in [6.45, 7) is 1.81. The normalized spacial score (nSPS) is 15.6. The topological polar surface area (TPSA) is 65.4 Å². The van der Waals surface area contributed by atoms with Crippen molar-refractivity contribution in [3.05, 3.63) is 90.0 Å². The fourth-order valence-corrected chi connectivity index (χ4v) is 4.70. The monoisotopic (exact) mass is 424 g/mol. The van der Waals surface area contributed by atoms with Crippen molar-refractivity contribution < 1.29 is 10.2 Å². The minimum atomic E-state index is -1.09. The predicted molar refractivity (Wildman–Crippen MR) is 120 cm³/mol. The van der Waals surface area contributed by atoms with Gasteiger partial charge in [-0.25, -0.2) is 4.98 Å². The molecule has 4 nitrogen and oxygen atoms in total. The third-order valence-electron chi connectivity index (χ3n) is 5.01. The number of aliphatic hydroxyl groups excluding tert-OH is 1. The van der Waals surface area contributed by atoms with Gasteiger partial charge in [0.1, 0.15) is 12.0 Å². The predicted octanol–water partition coefficient (Wildman–Crippen LogP) is 5.56. The van der Waals surface area contributed by atoms with E-state index in [9.17, 15) is 10.2 Å². The van der Waals surface area contributed by atoms with Crippen LogP contribution in [0.1, 0.15) is 24.0 Å². The number of rotatable bonds is 6. The third-order valence-corrected chi connectivity index (χ3v) is 6.41. The summed E-state index contributed by atoms with van der Waals surface area (Å²) in [6, 6.07) is 24.6. The third kappa shape index (κ3) is 4.08. The maximum Gasteiger partial charge on any atom is 0.185 e. The molecule has 0 saturated heterocycles. The molecular formula is C23H21ClN2O2S. The number of phenols is 1. The van der Waals surface area contributed by atoms with Crippen LogP contribution in [0.5, 0.6) is 5.75 Å². The molecule has 0 spiro atoms. The number of nitrogens with one attached hydrogen (secondary N) is 1. The zero-order valence-corrected chi connectivity index (χ0v) is 17.4. The van der Waals surface area contributed by atoms with Gasteiger partial charge < -0.3 is 15.5 Å². The highest BCUT2D eigenvalue weighted by Crippen LogP contribution is 2.42. The van der Waals surface area contributed by atoms with Crippen molar-refractivity contribution in [2.75, 3.05) is 5.32 Å². The van der Waals surface area contributed by atoms with Gasteiger partial charge in [0, 0.05) is 5.92 Å². The standard InChI is InChI=1S/C23H21ClN2O2S/c1-23(24,21(28)26-22-25-18-9-5-6-10-19(18)29-22)20(15-7-3-2-4-8-15)16-11-13-17(27)14-12-16/h2-14,20-21,27-28H,1H3,(H,25,26). The summed E-state index contributed by atoms with van der Waals surface area (Å²) in [7, 11) is 0. The van der Waals surface area contributed by atoms with E-state index in [4.69, 9.17) is 11.6 Å². The minimum absolute atomic E-state index is 0.185. The Morgan fingerprint density at radius 3 is 2.24 bits per heavy atom. The lowest BCUT2D eigenvalue weighted by Gasteiger charge is -2.37. The smallest absolute Gasteiger partial charge is 0.185 e. The molecule has 148 valence electrons. The number of phenolic OH excluding ortho intramolecular Hbond substituents is 1. The van der Waals surface area contributed by atoms with E-state index in [1.54, 1.807) is 12.1 Å². The summed E-state index contributed by atoms with van der Waals surface area (Å²) in [5.74, 6) is -0.132. The molecule has 0 radical (unpaired) electrons. The number of halogens is 1. The zero-order chi connectivity index (χ0) is 20.4. The fraction of sp³-hybridized carbons (Fsp3) is 0.174. The molecule has 3 N–H and O–H groups in total. The zero-order valence-electron chi connectivity index (χ0n) is 15.8. The van der Waals surface area contributed by atoms with Crippen molar-refractivity contribution in [1.29, 1.82) is 0 Å². The lowest BCUT2D eigenvalue weighted by atomic mass is 9.80. The molecular weight excluding hydrogens is 404 g/mol. The lowest BCUT2D eigenvalue weighted by molar-refractivity contribution is 0.150. The van der Waals surface area contributed by atoms with Crippen molar-refractivity contribution in [2.24, 2.45) is 0 Å². The largest absolute Gasteiger partial charge is 0.508 e. The maximum atomic E-state index is 11.1. The Morgan fingerprint density at radius 2 is 1.55 bits per heavy atom. The number of anilines is 1. The molecule has 6 heteroatoms. The van der Waals surface area contributed by atoms with Crippen LogP contribution >= 0.6 is 22.9 Å². The molecule has 1 heterocycles. The molecule has 0 bridgehead atoms. The van der Waals surface area contributed by atoms with Gasteiger partial charge in [0.25, 0.3) is 0 Å². The number of hydrogen-bond donors (Lipinski definition) is 3. The minimum Gasteiger partial charge on any atom is -0.508 e. The number of thiazole rings is 1. The van der Waals surface area contributed by atoms with E-state index in [0.717, 1.165) is 21.3 Å². The van der Waals surface area contributed by atoms with Gasteiger partial charge >= 0.3 is 0 Å². The van der Waals surface area contributed by atoms with Gasteiger partial charge in [-0.05, 0) is 42.3 Å². The molecule has 0 amide bonds. The van der Waals surface area contributed by atoms with Crippen LogP contribution in [0.2, 0.25) is 0 Å². The van der Waals surface area contributed by atoms with E-state index in [-0.39, 0.29) is 11.7 Å². The quantitative estimate of drug-likeness (QED) is 0.280.